The van der Waals surface area contributed by atoms with E-state index in [4.69, 9.17) is 16.1 Å². The number of hydrogen-bond donors (Lipinski definition) is 1. The Balaban J connectivity index is 1.96. The van der Waals surface area contributed by atoms with E-state index in [1.165, 1.54) is 12.1 Å². The average Bonchev–Trinajstić information content (AvgIpc) is 2.70. The Kier molecular flexibility index (Phi) is 4.39. The fraction of sp³-hybridized carbons (Fsp3) is 0.286. The molecular weight excluding hydrogens is 283 g/mol. The number of hydrogen-bond acceptors (Lipinski definition) is 3. The maximum Gasteiger partial charge on any atom is 0.224 e. The number of halogens is 2. The van der Waals surface area contributed by atoms with E-state index in [0.717, 1.165) is 23.1 Å². The molecular formula is C14H14ClFN2O2. The summed E-state index contributed by atoms with van der Waals surface area (Å²) in [4.78, 5) is 11.9. The summed E-state index contributed by atoms with van der Waals surface area (Å²) in [6.07, 6.45) is 0.808. The van der Waals surface area contributed by atoms with Gasteiger partial charge in [0.15, 0.2) is 0 Å². The molecule has 1 aromatic heterocycles. The number of aromatic nitrogens is 1. The van der Waals surface area contributed by atoms with Crippen LogP contribution in [-0.2, 0) is 11.2 Å². The first-order valence-electron chi connectivity index (χ1n) is 6.14. The van der Waals surface area contributed by atoms with Gasteiger partial charge in [-0.2, -0.15) is 0 Å². The predicted octanol–water partition coefficient (Wildman–Crippen LogP) is 3.66. The summed E-state index contributed by atoms with van der Waals surface area (Å²) in [5.74, 6) is 0.0809. The first-order valence-corrected chi connectivity index (χ1v) is 6.52. The van der Waals surface area contributed by atoms with Crippen molar-refractivity contribution in [2.45, 2.75) is 26.7 Å². The molecule has 4 nitrogen and oxygen atoms in total. The quantitative estimate of drug-likeness (QED) is 0.937. The molecule has 0 aliphatic carbocycles. The molecule has 6 heteroatoms. The van der Waals surface area contributed by atoms with Crippen LogP contribution in [0.25, 0.3) is 0 Å². The smallest absolute Gasteiger partial charge is 0.224 e. The Morgan fingerprint density at radius 1 is 1.45 bits per heavy atom. The summed E-state index contributed by atoms with van der Waals surface area (Å²) in [7, 11) is 0. The highest BCUT2D eigenvalue weighted by Crippen LogP contribution is 2.23. The van der Waals surface area contributed by atoms with E-state index in [1.807, 2.05) is 13.8 Å². The summed E-state index contributed by atoms with van der Waals surface area (Å²) in [5.41, 5.74) is 2.12. The molecule has 20 heavy (non-hydrogen) atoms. The lowest BCUT2D eigenvalue weighted by Gasteiger charge is -2.07. The molecule has 1 amide bonds. The molecule has 0 bridgehead atoms. The van der Waals surface area contributed by atoms with Crippen molar-refractivity contribution in [1.82, 2.24) is 5.16 Å². The Morgan fingerprint density at radius 2 is 2.20 bits per heavy atom. The lowest BCUT2D eigenvalue weighted by atomic mass is 10.1. The van der Waals surface area contributed by atoms with Crippen molar-refractivity contribution >= 4 is 23.2 Å². The number of rotatable bonds is 4. The van der Waals surface area contributed by atoms with Crippen molar-refractivity contribution in [3.05, 3.63) is 46.1 Å². The van der Waals surface area contributed by atoms with Crippen molar-refractivity contribution < 1.29 is 13.7 Å². The van der Waals surface area contributed by atoms with Gasteiger partial charge in [-0.15, -0.1) is 0 Å². The summed E-state index contributed by atoms with van der Waals surface area (Å²) >= 11 is 5.84. The Bertz CT molecular complexity index is 621. The number of nitrogens with one attached hydrogen (secondary N) is 1. The largest absolute Gasteiger partial charge is 0.361 e. The molecule has 0 aliphatic rings. The minimum absolute atomic E-state index is 0.177. The number of amides is 1. The number of benzene rings is 1. The van der Waals surface area contributed by atoms with Gasteiger partial charge in [0, 0.05) is 12.0 Å². The van der Waals surface area contributed by atoms with Crippen LogP contribution in [0.4, 0.5) is 10.1 Å². The second-order valence-electron chi connectivity index (χ2n) is 4.48. The van der Waals surface area contributed by atoms with Crippen LogP contribution in [-0.4, -0.2) is 11.1 Å². The summed E-state index contributed by atoms with van der Waals surface area (Å²) in [5, 5.41) is 6.66. The third-order valence-electron chi connectivity index (χ3n) is 2.99. The van der Waals surface area contributed by atoms with E-state index in [1.54, 1.807) is 0 Å². The van der Waals surface area contributed by atoms with E-state index in [9.17, 15) is 9.18 Å². The Labute approximate surface area is 120 Å². The van der Waals surface area contributed by atoms with Gasteiger partial charge in [0.05, 0.1) is 16.4 Å². The van der Waals surface area contributed by atoms with Crippen LogP contribution in [0.2, 0.25) is 5.02 Å². The molecule has 0 unspecified atom stereocenters. The van der Waals surface area contributed by atoms with Crippen molar-refractivity contribution in [2.24, 2.45) is 0 Å². The number of carbonyl (C=O) groups is 1. The lowest BCUT2D eigenvalue weighted by molar-refractivity contribution is -0.116. The molecule has 2 rings (SSSR count). The molecule has 1 aromatic carbocycles. The molecule has 0 atom stereocenters. The molecule has 0 saturated heterocycles. The molecule has 0 aliphatic heterocycles. The summed E-state index contributed by atoms with van der Waals surface area (Å²) in [6.45, 7) is 3.64. The Morgan fingerprint density at radius 3 is 2.80 bits per heavy atom. The standard InChI is InChI=1S/C14H14ClFN2O2/c1-8-11(9(2)20-18-8)4-6-14(19)17-13-5-3-10(16)7-12(13)15/h3,5,7H,4,6H2,1-2H3,(H,17,19). The number of anilines is 1. The van der Waals surface area contributed by atoms with E-state index in [-0.39, 0.29) is 17.4 Å². The fourth-order valence-corrected chi connectivity index (χ4v) is 2.12. The van der Waals surface area contributed by atoms with E-state index in [2.05, 4.69) is 10.5 Å². The summed E-state index contributed by atoms with van der Waals surface area (Å²) in [6, 6.07) is 3.84. The van der Waals surface area contributed by atoms with E-state index < -0.39 is 5.82 Å². The van der Waals surface area contributed by atoms with Gasteiger partial charge in [0.25, 0.3) is 0 Å². The third kappa shape index (κ3) is 3.36. The molecule has 1 heterocycles. The van der Waals surface area contributed by atoms with Gasteiger partial charge in [-0.3, -0.25) is 4.79 Å². The SMILES string of the molecule is Cc1noc(C)c1CCC(=O)Nc1ccc(F)cc1Cl. The first kappa shape index (κ1) is 14.5. The minimum atomic E-state index is -0.441. The van der Waals surface area contributed by atoms with Crippen LogP contribution in [0.5, 0.6) is 0 Å². The molecule has 0 saturated carbocycles. The number of aryl methyl sites for hydroxylation is 2. The molecule has 0 fully saturated rings. The predicted molar refractivity (Wildman–Crippen MR) is 74.3 cm³/mol. The summed E-state index contributed by atoms with van der Waals surface area (Å²) < 4.78 is 17.9. The van der Waals surface area contributed by atoms with E-state index >= 15 is 0 Å². The molecule has 106 valence electrons. The second-order valence-corrected chi connectivity index (χ2v) is 4.88. The fourth-order valence-electron chi connectivity index (χ4n) is 1.90. The first-order chi connectivity index (χ1) is 9.47. The maximum atomic E-state index is 12.9. The minimum Gasteiger partial charge on any atom is -0.361 e. The van der Waals surface area contributed by atoms with Gasteiger partial charge in [0.2, 0.25) is 5.91 Å². The van der Waals surface area contributed by atoms with Crippen molar-refractivity contribution in [3.63, 3.8) is 0 Å². The average molecular weight is 297 g/mol. The van der Waals surface area contributed by atoms with Gasteiger partial charge < -0.3 is 9.84 Å². The zero-order valence-corrected chi connectivity index (χ0v) is 11.9. The number of nitrogens with zero attached hydrogens (tertiary/aromatic N) is 1. The van der Waals surface area contributed by atoms with Crippen LogP contribution >= 0.6 is 11.6 Å². The monoisotopic (exact) mass is 296 g/mol. The lowest BCUT2D eigenvalue weighted by Crippen LogP contribution is -2.13. The zero-order valence-electron chi connectivity index (χ0n) is 11.2. The molecule has 0 radical (unpaired) electrons. The van der Waals surface area contributed by atoms with Crippen LogP contribution in [0.1, 0.15) is 23.4 Å². The van der Waals surface area contributed by atoms with Crippen molar-refractivity contribution in [2.75, 3.05) is 5.32 Å². The highest BCUT2D eigenvalue weighted by Gasteiger charge is 2.12. The van der Waals surface area contributed by atoms with Crippen LogP contribution in [0.15, 0.2) is 22.7 Å². The molecule has 0 spiro atoms. The topological polar surface area (TPSA) is 55.1 Å². The zero-order chi connectivity index (χ0) is 14.7. The molecule has 1 N–H and O–H groups in total. The van der Waals surface area contributed by atoms with Crippen molar-refractivity contribution in [1.29, 1.82) is 0 Å². The maximum absolute atomic E-state index is 12.9. The van der Waals surface area contributed by atoms with Crippen LogP contribution < -0.4 is 5.32 Å². The normalized spacial score (nSPS) is 10.6. The highest BCUT2D eigenvalue weighted by molar-refractivity contribution is 6.33. The number of carbonyl (C=O) groups excluding carboxylic acids is 1. The van der Waals surface area contributed by atoms with Gasteiger partial charge in [-0.05, 0) is 38.5 Å². The second kappa shape index (κ2) is 6.05. The molecule has 2 aromatic rings. The van der Waals surface area contributed by atoms with Crippen LogP contribution in [0, 0.1) is 19.7 Å². The highest BCUT2D eigenvalue weighted by atomic mass is 35.5. The van der Waals surface area contributed by atoms with Crippen molar-refractivity contribution in [3.8, 4) is 0 Å². The van der Waals surface area contributed by atoms with E-state index in [0.29, 0.717) is 12.1 Å². The van der Waals surface area contributed by atoms with Gasteiger partial charge in [-0.25, -0.2) is 4.39 Å². The van der Waals surface area contributed by atoms with Gasteiger partial charge in [0.1, 0.15) is 11.6 Å². The van der Waals surface area contributed by atoms with Gasteiger partial charge in [-0.1, -0.05) is 16.8 Å². The van der Waals surface area contributed by atoms with Crippen LogP contribution in [0.3, 0.4) is 0 Å². The Hall–Kier alpha value is -1.88. The third-order valence-corrected chi connectivity index (χ3v) is 3.30. The van der Waals surface area contributed by atoms with Gasteiger partial charge >= 0.3 is 0 Å².